The van der Waals surface area contributed by atoms with Crippen LogP contribution in [0, 0.1) is 11.3 Å². The molecule has 3 rings (SSSR count). The lowest BCUT2D eigenvalue weighted by Crippen LogP contribution is -2.55. The van der Waals surface area contributed by atoms with E-state index in [4.69, 9.17) is 4.42 Å². The van der Waals surface area contributed by atoms with Crippen LogP contribution >= 0.6 is 0 Å². The molecule has 0 radical (unpaired) electrons. The molecule has 0 bridgehead atoms. The second-order valence-corrected chi connectivity index (χ2v) is 6.08. The molecule has 2 aromatic rings. The van der Waals surface area contributed by atoms with Crippen LogP contribution in [-0.2, 0) is 16.1 Å². The molecule has 1 atom stereocenters. The van der Waals surface area contributed by atoms with E-state index < -0.39 is 6.04 Å². The molecule has 0 aliphatic carbocycles. The molecule has 26 heavy (non-hydrogen) atoms. The molecule has 7 heteroatoms. The fraction of sp³-hybridized carbons (Fsp3) is 0.316. The SMILES string of the molecule is CNC(=O)CC1C(=O)NCCN1Cc1ccc(-c2ccccc2C#N)o1. The Bertz CT molecular complexity index is 852. The zero-order valence-electron chi connectivity index (χ0n) is 14.5. The van der Waals surface area contributed by atoms with Crippen LogP contribution in [0.3, 0.4) is 0 Å². The van der Waals surface area contributed by atoms with Gasteiger partial charge in [0.15, 0.2) is 0 Å². The number of furan rings is 1. The van der Waals surface area contributed by atoms with Crippen LogP contribution in [0.15, 0.2) is 40.8 Å². The maximum absolute atomic E-state index is 12.2. The summed E-state index contributed by atoms with van der Waals surface area (Å²) >= 11 is 0. The average Bonchev–Trinajstić information content (AvgIpc) is 3.12. The summed E-state index contributed by atoms with van der Waals surface area (Å²) in [6.45, 7) is 1.59. The molecule has 1 aromatic heterocycles. The average molecular weight is 352 g/mol. The summed E-state index contributed by atoms with van der Waals surface area (Å²) in [5.41, 5.74) is 1.28. The first-order chi connectivity index (χ1) is 12.6. The van der Waals surface area contributed by atoms with Crippen molar-refractivity contribution in [3.63, 3.8) is 0 Å². The Balaban J connectivity index is 1.78. The Hall–Kier alpha value is -3.11. The fourth-order valence-corrected chi connectivity index (χ4v) is 3.05. The second-order valence-electron chi connectivity index (χ2n) is 6.08. The summed E-state index contributed by atoms with van der Waals surface area (Å²) in [6.07, 6.45) is 0.104. The number of nitriles is 1. The largest absolute Gasteiger partial charge is 0.460 e. The van der Waals surface area contributed by atoms with Crippen molar-refractivity contribution in [3.8, 4) is 17.4 Å². The minimum Gasteiger partial charge on any atom is -0.460 e. The smallest absolute Gasteiger partial charge is 0.237 e. The number of piperazine rings is 1. The standard InChI is InChI=1S/C19H20N4O3/c1-21-18(24)10-16-19(25)22-8-9-23(16)12-14-6-7-17(26-14)15-5-3-2-4-13(15)11-20/h2-7,16H,8-10,12H2,1H3,(H,21,24)(H,22,25). The molecular formula is C19H20N4O3. The second kappa shape index (κ2) is 7.85. The molecule has 1 aliphatic heterocycles. The van der Waals surface area contributed by atoms with Gasteiger partial charge in [0.2, 0.25) is 11.8 Å². The van der Waals surface area contributed by atoms with Gasteiger partial charge in [-0.05, 0) is 24.3 Å². The highest BCUT2D eigenvalue weighted by atomic mass is 16.3. The first kappa shape index (κ1) is 17.7. The summed E-state index contributed by atoms with van der Waals surface area (Å²) in [7, 11) is 1.55. The molecule has 2 N–H and O–H groups in total. The van der Waals surface area contributed by atoms with Crippen molar-refractivity contribution in [2.45, 2.75) is 19.0 Å². The van der Waals surface area contributed by atoms with E-state index in [1.54, 1.807) is 13.1 Å². The maximum atomic E-state index is 12.2. The van der Waals surface area contributed by atoms with Crippen LogP contribution < -0.4 is 10.6 Å². The van der Waals surface area contributed by atoms with Crippen LogP contribution in [0.2, 0.25) is 0 Å². The quantitative estimate of drug-likeness (QED) is 0.844. The predicted molar refractivity (Wildman–Crippen MR) is 94.8 cm³/mol. The first-order valence-corrected chi connectivity index (χ1v) is 8.43. The molecule has 1 aliphatic rings. The van der Waals surface area contributed by atoms with Crippen LogP contribution in [0.5, 0.6) is 0 Å². The van der Waals surface area contributed by atoms with Crippen molar-refractivity contribution in [2.75, 3.05) is 20.1 Å². The highest BCUT2D eigenvalue weighted by Crippen LogP contribution is 2.26. The number of nitrogens with one attached hydrogen (secondary N) is 2. The lowest BCUT2D eigenvalue weighted by Gasteiger charge is -2.33. The molecule has 0 spiro atoms. The molecule has 7 nitrogen and oxygen atoms in total. The van der Waals surface area contributed by atoms with Gasteiger partial charge in [-0.3, -0.25) is 14.5 Å². The van der Waals surface area contributed by atoms with Crippen molar-refractivity contribution >= 4 is 11.8 Å². The van der Waals surface area contributed by atoms with Crippen LogP contribution in [-0.4, -0.2) is 42.9 Å². The third kappa shape index (κ3) is 3.76. The van der Waals surface area contributed by atoms with Crippen molar-refractivity contribution in [1.29, 1.82) is 5.26 Å². The Kier molecular flexibility index (Phi) is 5.34. The number of hydrogen-bond acceptors (Lipinski definition) is 5. The molecule has 1 unspecified atom stereocenters. The minimum atomic E-state index is -0.524. The topological polar surface area (TPSA) is 98.4 Å². The number of benzene rings is 1. The van der Waals surface area contributed by atoms with E-state index in [1.165, 1.54) is 0 Å². The third-order valence-corrected chi connectivity index (χ3v) is 4.43. The van der Waals surface area contributed by atoms with Gasteiger partial charge in [0, 0.05) is 25.7 Å². The molecule has 2 amide bonds. The van der Waals surface area contributed by atoms with Gasteiger partial charge in [0.05, 0.1) is 30.6 Å². The molecular weight excluding hydrogens is 332 g/mol. The van der Waals surface area contributed by atoms with Gasteiger partial charge >= 0.3 is 0 Å². The predicted octanol–water partition coefficient (Wildman–Crippen LogP) is 1.25. The van der Waals surface area contributed by atoms with Crippen molar-refractivity contribution in [2.24, 2.45) is 0 Å². The Morgan fingerprint density at radius 1 is 1.38 bits per heavy atom. The zero-order valence-corrected chi connectivity index (χ0v) is 14.5. The van der Waals surface area contributed by atoms with E-state index >= 15 is 0 Å². The van der Waals surface area contributed by atoms with Gasteiger partial charge in [-0.1, -0.05) is 12.1 Å². The molecule has 2 heterocycles. The number of carbonyl (C=O) groups excluding carboxylic acids is 2. The maximum Gasteiger partial charge on any atom is 0.237 e. The van der Waals surface area contributed by atoms with E-state index in [9.17, 15) is 14.9 Å². The van der Waals surface area contributed by atoms with Gasteiger partial charge < -0.3 is 15.1 Å². The van der Waals surface area contributed by atoms with Gasteiger partial charge in [-0.2, -0.15) is 5.26 Å². The molecule has 1 aromatic carbocycles. The van der Waals surface area contributed by atoms with Crippen LogP contribution in [0.25, 0.3) is 11.3 Å². The summed E-state index contributed by atoms with van der Waals surface area (Å²) in [5.74, 6) is 0.965. The normalized spacial score (nSPS) is 17.4. The van der Waals surface area contributed by atoms with Gasteiger partial charge in [0.25, 0.3) is 0 Å². The highest BCUT2D eigenvalue weighted by Gasteiger charge is 2.31. The van der Waals surface area contributed by atoms with E-state index in [-0.39, 0.29) is 18.2 Å². The number of hydrogen-bond donors (Lipinski definition) is 2. The highest BCUT2D eigenvalue weighted by molar-refractivity contribution is 5.88. The van der Waals surface area contributed by atoms with E-state index in [2.05, 4.69) is 16.7 Å². The lowest BCUT2D eigenvalue weighted by atomic mass is 10.1. The summed E-state index contributed by atoms with van der Waals surface area (Å²) in [4.78, 5) is 25.8. The van der Waals surface area contributed by atoms with Crippen LogP contribution in [0.4, 0.5) is 0 Å². The first-order valence-electron chi connectivity index (χ1n) is 8.43. The summed E-state index contributed by atoms with van der Waals surface area (Å²) in [5, 5.41) is 14.6. The molecule has 1 saturated heterocycles. The Morgan fingerprint density at radius 2 is 2.19 bits per heavy atom. The van der Waals surface area contributed by atoms with Gasteiger partial charge in [-0.15, -0.1) is 0 Å². The third-order valence-electron chi connectivity index (χ3n) is 4.43. The van der Waals surface area contributed by atoms with E-state index in [0.717, 1.165) is 5.56 Å². The minimum absolute atomic E-state index is 0.104. The Labute approximate surface area is 151 Å². The van der Waals surface area contributed by atoms with E-state index in [1.807, 2.05) is 35.2 Å². The Morgan fingerprint density at radius 3 is 2.96 bits per heavy atom. The van der Waals surface area contributed by atoms with Crippen LogP contribution in [0.1, 0.15) is 17.7 Å². The summed E-state index contributed by atoms with van der Waals surface area (Å²) in [6, 6.07) is 12.5. The number of carbonyl (C=O) groups is 2. The number of rotatable bonds is 5. The van der Waals surface area contributed by atoms with Gasteiger partial charge in [-0.25, -0.2) is 0 Å². The number of nitrogens with zero attached hydrogens (tertiary/aromatic N) is 2. The molecule has 1 fully saturated rings. The van der Waals surface area contributed by atoms with Crippen molar-refractivity contribution in [1.82, 2.24) is 15.5 Å². The van der Waals surface area contributed by atoms with Gasteiger partial charge in [0.1, 0.15) is 11.5 Å². The fourth-order valence-electron chi connectivity index (χ4n) is 3.05. The van der Waals surface area contributed by atoms with Crippen molar-refractivity contribution < 1.29 is 14.0 Å². The lowest BCUT2D eigenvalue weighted by molar-refractivity contribution is -0.134. The van der Waals surface area contributed by atoms with Crippen molar-refractivity contribution in [3.05, 3.63) is 47.7 Å². The monoisotopic (exact) mass is 352 g/mol. The number of amides is 2. The zero-order chi connectivity index (χ0) is 18.5. The van der Waals surface area contributed by atoms with E-state index in [0.29, 0.717) is 36.7 Å². The molecule has 134 valence electrons. The summed E-state index contributed by atoms with van der Waals surface area (Å²) < 4.78 is 5.90. The molecule has 0 saturated carbocycles.